The standard InChI is InChI=1S/C18H19BrN2O3/c1-13(24-16-9-7-15(19)8-10-16)17(22)20-11-12-21-18(23)14-5-3-2-4-6-14/h2-10,13H,11-12H2,1H3,(H,20,22)(H,21,23). The highest BCUT2D eigenvalue weighted by atomic mass is 79.9. The maximum atomic E-state index is 12.0. The number of rotatable bonds is 7. The largest absolute Gasteiger partial charge is 0.481 e. The Morgan fingerprint density at radius 3 is 2.29 bits per heavy atom. The Morgan fingerprint density at radius 2 is 1.62 bits per heavy atom. The van der Waals surface area contributed by atoms with Crippen molar-refractivity contribution in [2.75, 3.05) is 13.1 Å². The predicted octanol–water partition coefficient (Wildman–Crippen LogP) is 2.76. The summed E-state index contributed by atoms with van der Waals surface area (Å²) in [6.07, 6.45) is -0.615. The van der Waals surface area contributed by atoms with Gasteiger partial charge in [0.25, 0.3) is 11.8 Å². The molecule has 2 rings (SSSR count). The summed E-state index contributed by atoms with van der Waals surface area (Å²) in [6, 6.07) is 16.2. The fraction of sp³-hybridized carbons (Fsp3) is 0.222. The van der Waals surface area contributed by atoms with Crippen molar-refractivity contribution in [3.63, 3.8) is 0 Å². The molecule has 0 saturated heterocycles. The lowest BCUT2D eigenvalue weighted by molar-refractivity contribution is -0.127. The molecule has 2 aromatic rings. The summed E-state index contributed by atoms with van der Waals surface area (Å²) in [5, 5.41) is 5.48. The number of carbonyl (C=O) groups excluding carboxylic acids is 2. The van der Waals surface area contributed by atoms with E-state index in [0.717, 1.165) is 4.47 Å². The molecule has 126 valence electrons. The van der Waals surface area contributed by atoms with Crippen LogP contribution in [0.5, 0.6) is 5.75 Å². The highest BCUT2D eigenvalue weighted by molar-refractivity contribution is 9.10. The van der Waals surface area contributed by atoms with Gasteiger partial charge in [0, 0.05) is 23.1 Å². The lowest BCUT2D eigenvalue weighted by Crippen LogP contribution is -2.40. The van der Waals surface area contributed by atoms with Crippen LogP contribution in [0.3, 0.4) is 0 Å². The molecule has 2 N–H and O–H groups in total. The zero-order valence-corrected chi connectivity index (χ0v) is 14.9. The summed E-state index contributed by atoms with van der Waals surface area (Å²) >= 11 is 3.34. The minimum atomic E-state index is -0.615. The number of halogens is 1. The van der Waals surface area contributed by atoms with Gasteiger partial charge < -0.3 is 15.4 Å². The van der Waals surface area contributed by atoms with Gasteiger partial charge in [-0.05, 0) is 43.3 Å². The Kier molecular flexibility index (Phi) is 6.81. The second-order valence-electron chi connectivity index (χ2n) is 5.13. The molecule has 0 bridgehead atoms. The molecule has 0 radical (unpaired) electrons. The monoisotopic (exact) mass is 390 g/mol. The third-order valence-electron chi connectivity index (χ3n) is 3.24. The Balaban J connectivity index is 1.69. The minimum Gasteiger partial charge on any atom is -0.481 e. The van der Waals surface area contributed by atoms with Crippen LogP contribution in [0.1, 0.15) is 17.3 Å². The van der Waals surface area contributed by atoms with E-state index in [0.29, 0.717) is 24.4 Å². The summed E-state index contributed by atoms with van der Waals surface area (Å²) in [5.41, 5.74) is 0.593. The number of ether oxygens (including phenoxy) is 1. The van der Waals surface area contributed by atoms with E-state index in [4.69, 9.17) is 4.74 Å². The molecule has 0 aliphatic carbocycles. The lowest BCUT2D eigenvalue weighted by Gasteiger charge is -2.15. The van der Waals surface area contributed by atoms with Crippen molar-refractivity contribution in [2.45, 2.75) is 13.0 Å². The number of nitrogens with one attached hydrogen (secondary N) is 2. The molecule has 0 heterocycles. The molecule has 1 unspecified atom stereocenters. The minimum absolute atomic E-state index is 0.163. The molecule has 0 aliphatic rings. The normalized spacial score (nSPS) is 11.4. The zero-order chi connectivity index (χ0) is 17.4. The summed E-state index contributed by atoms with van der Waals surface area (Å²) in [5.74, 6) is 0.231. The second-order valence-corrected chi connectivity index (χ2v) is 6.04. The van der Waals surface area contributed by atoms with Gasteiger partial charge >= 0.3 is 0 Å². The smallest absolute Gasteiger partial charge is 0.260 e. The molecule has 0 aromatic heterocycles. The van der Waals surface area contributed by atoms with E-state index >= 15 is 0 Å². The van der Waals surface area contributed by atoms with Crippen LogP contribution in [0.15, 0.2) is 59.1 Å². The van der Waals surface area contributed by atoms with Gasteiger partial charge in [0.2, 0.25) is 0 Å². The Hall–Kier alpha value is -2.34. The molecule has 0 aliphatic heterocycles. The van der Waals surface area contributed by atoms with Gasteiger partial charge in [0.1, 0.15) is 5.75 Å². The van der Waals surface area contributed by atoms with E-state index in [2.05, 4.69) is 26.6 Å². The summed E-state index contributed by atoms with van der Waals surface area (Å²) < 4.78 is 6.50. The molecule has 24 heavy (non-hydrogen) atoms. The van der Waals surface area contributed by atoms with Crippen LogP contribution in [0.4, 0.5) is 0 Å². The molecule has 6 heteroatoms. The molecular formula is C18H19BrN2O3. The van der Waals surface area contributed by atoms with Crippen molar-refractivity contribution in [1.29, 1.82) is 0 Å². The predicted molar refractivity (Wildman–Crippen MR) is 96.0 cm³/mol. The van der Waals surface area contributed by atoms with Crippen LogP contribution in [-0.4, -0.2) is 31.0 Å². The van der Waals surface area contributed by atoms with Crippen molar-refractivity contribution in [3.05, 3.63) is 64.6 Å². The van der Waals surface area contributed by atoms with Gasteiger partial charge in [0.05, 0.1) is 0 Å². The summed E-state index contributed by atoms with van der Waals surface area (Å²) in [6.45, 7) is 2.37. The van der Waals surface area contributed by atoms with Gasteiger partial charge in [-0.2, -0.15) is 0 Å². The molecular weight excluding hydrogens is 372 g/mol. The van der Waals surface area contributed by atoms with Gasteiger partial charge in [-0.1, -0.05) is 34.1 Å². The Labute approximate surface area is 149 Å². The van der Waals surface area contributed by atoms with Crippen LogP contribution in [0.25, 0.3) is 0 Å². The zero-order valence-electron chi connectivity index (χ0n) is 13.3. The van der Waals surface area contributed by atoms with Crippen LogP contribution < -0.4 is 15.4 Å². The fourth-order valence-corrected chi connectivity index (χ4v) is 2.23. The first kappa shape index (κ1) is 18.0. The number of hydrogen-bond donors (Lipinski definition) is 2. The van der Waals surface area contributed by atoms with Crippen molar-refractivity contribution >= 4 is 27.7 Å². The van der Waals surface area contributed by atoms with Gasteiger partial charge in [-0.25, -0.2) is 0 Å². The highest BCUT2D eigenvalue weighted by Gasteiger charge is 2.14. The second kappa shape index (κ2) is 9.08. The first-order valence-electron chi connectivity index (χ1n) is 7.59. The molecule has 2 amide bonds. The Morgan fingerprint density at radius 1 is 1.00 bits per heavy atom. The van der Waals surface area contributed by atoms with E-state index in [1.165, 1.54) is 0 Å². The quantitative estimate of drug-likeness (QED) is 0.714. The van der Waals surface area contributed by atoms with E-state index in [1.54, 1.807) is 43.3 Å². The SMILES string of the molecule is CC(Oc1ccc(Br)cc1)C(=O)NCCNC(=O)c1ccccc1. The fourth-order valence-electron chi connectivity index (χ4n) is 1.97. The van der Waals surface area contributed by atoms with Crippen LogP contribution in [0.2, 0.25) is 0 Å². The molecule has 0 saturated carbocycles. The average molecular weight is 391 g/mol. The van der Waals surface area contributed by atoms with Crippen LogP contribution in [0, 0.1) is 0 Å². The number of benzene rings is 2. The van der Waals surface area contributed by atoms with Gasteiger partial charge in [-0.15, -0.1) is 0 Å². The Bertz CT molecular complexity index is 674. The number of hydrogen-bond acceptors (Lipinski definition) is 3. The maximum absolute atomic E-state index is 12.0. The molecule has 5 nitrogen and oxygen atoms in total. The topological polar surface area (TPSA) is 67.4 Å². The highest BCUT2D eigenvalue weighted by Crippen LogP contribution is 2.17. The van der Waals surface area contributed by atoms with E-state index in [9.17, 15) is 9.59 Å². The van der Waals surface area contributed by atoms with E-state index in [1.807, 2.05) is 18.2 Å². The summed E-state index contributed by atoms with van der Waals surface area (Å²) in [4.78, 5) is 23.8. The lowest BCUT2D eigenvalue weighted by atomic mass is 10.2. The van der Waals surface area contributed by atoms with E-state index < -0.39 is 6.10 Å². The van der Waals surface area contributed by atoms with Crippen LogP contribution in [-0.2, 0) is 4.79 Å². The number of amides is 2. The maximum Gasteiger partial charge on any atom is 0.260 e. The summed E-state index contributed by atoms with van der Waals surface area (Å²) in [7, 11) is 0. The first-order valence-corrected chi connectivity index (χ1v) is 8.39. The van der Waals surface area contributed by atoms with E-state index in [-0.39, 0.29) is 11.8 Å². The molecule has 2 aromatic carbocycles. The van der Waals surface area contributed by atoms with Crippen molar-refractivity contribution in [1.82, 2.24) is 10.6 Å². The third-order valence-corrected chi connectivity index (χ3v) is 3.77. The van der Waals surface area contributed by atoms with Gasteiger partial charge in [-0.3, -0.25) is 9.59 Å². The average Bonchev–Trinajstić information content (AvgIpc) is 2.61. The molecule has 0 spiro atoms. The van der Waals surface area contributed by atoms with Crippen molar-refractivity contribution in [2.24, 2.45) is 0 Å². The van der Waals surface area contributed by atoms with Crippen molar-refractivity contribution in [3.8, 4) is 5.75 Å². The first-order chi connectivity index (χ1) is 11.6. The van der Waals surface area contributed by atoms with Crippen LogP contribution >= 0.6 is 15.9 Å². The number of carbonyl (C=O) groups is 2. The third kappa shape index (κ3) is 5.70. The van der Waals surface area contributed by atoms with Crippen molar-refractivity contribution < 1.29 is 14.3 Å². The molecule has 0 fully saturated rings. The van der Waals surface area contributed by atoms with Gasteiger partial charge in [0.15, 0.2) is 6.10 Å². The molecule has 1 atom stereocenters.